The molecule has 0 aromatic carbocycles. The minimum Gasteiger partial charge on any atom is -0.460 e. The molecule has 0 aromatic heterocycles. The predicted octanol–water partition coefficient (Wildman–Crippen LogP) is 2.19. The standard InChI is InChI=1S/C13H23NO3/c1-5-6-7-8-11(15)14-10-9-12(16)17-13(2,3)4/h6-7H,5,8-10H2,1-4H3,(H,14,15)/b7-6-. The predicted molar refractivity (Wildman–Crippen MR) is 67.5 cm³/mol. The molecule has 0 aliphatic rings. The Bertz CT molecular complexity index is 277. The van der Waals surface area contributed by atoms with Gasteiger partial charge in [-0.25, -0.2) is 0 Å². The van der Waals surface area contributed by atoms with Crippen LogP contribution in [0.5, 0.6) is 0 Å². The molecule has 0 saturated carbocycles. The smallest absolute Gasteiger partial charge is 0.308 e. The highest BCUT2D eigenvalue weighted by atomic mass is 16.6. The van der Waals surface area contributed by atoms with E-state index < -0.39 is 5.60 Å². The van der Waals surface area contributed by atoms with E-state index in [0.29, 0.717) is 13.0 Å². The lowest BCUT2D eigenvalue weighted by Crippen LogP contribution is -2.29. The highest BCUT2D eigenvalue weighted by Crippen LogP contribution is 2.07. The van der Waals surface area contributed by atoms with E-state index >= 15 is 0 Å². The normalized spacial score (nSPS) is 11.5. The molecule has 0 aliphatic carbocycles. The zero-order valence-corrected chi connectivity index (χ0v) is 11.2. The fraction of sp³-hybridized carbons (Fsp3) is 0.692. The average Bonchev–Trinajstić information content (AvgIpc) is 2.15. The van der Waals surface area contributed by atoms with Crippen LogP contribution in [0.25, 0.3) is 0 Å². The molecule has 4 heteroatoms. The zero-order chi connectivity index (χ0) is 13.3. The Labute approximate surface area is 103 Å². The highest BCUT2D eigenvalue weighted by molar-refractivity contribution is 5.78. The van der Waals surface area contributed by atoms with Crippen molar-refractivity contribution >= 4 is 11.9 Å². The van der Waals surface area contributed by atoms with E-state index in [9.17, 15) is 9.59 Å². The minimum atomic E-state index is -0.467. The van der Waals surface area contributed by atoms with Gasteiger partial charge in [0.2, 0.25) is 5.91 Å². The van der Waals surface area contributed by atoms with E-state index in [2.05, 4.69) is 5.32 Å². The van der Waals surface area contributed by atoms with Crippen LogP contribution in [-0.4, -0.2) is 24.0 Å². The van der Waals surface area contributed by atoms with Crippen molar-refractivity contribution in [1.29, 1.82) is 0 Å². The van der Waals surface area contributed by atoms with Gasteiger partial charge in [0.1, 0.15) is 5.60 Å². The van der Waals surface area contributed by atoms with Crippen LogP contribution in [-0.2, 0) is 14.3 Å². The second-order valence-electron chi connectivity index (χ2n) is 4.77. The molecule has 1 N–H and O–H groups in total. The lowest BCUT2D eigenvalue weighted by atomic mass is 10.2. The molecule has 17 heavy (non-hydrogen) atoms. The summed E-state index contributed by atoms with van der Waals surface area (Å²) in [6, 6.07) is 0. The van der Waals surface area contributed by atoms with Crippen molar-refractivity contribution in [3.8, 4) is 0 Å². The van der Waals surface area contributed by atoms with Gasteiger partial charge in [0.25, 0.3) is 0 Å². The van der Waals surface area contributed by atoms with Gasteiger partial charge in [-0.05, 0) is 27.2 Å². The highest BCUT2D eigenvalue weighted by Gasteiger charge is 2.15. The molecule has 0 bridgehead atoms. The van der Waals surface area contributed by atoms with Crippen molar-refractivity contribution in [2.75, 3.05) is 6.54 Å². The maximum Gasteiger partial charge on any atom is 0.308 e. The van der Waals surface area contributed by atoms with Gasteiger partial charge in [0.05, 0.1) is 6.42 Å². The Morgan fingerprint density at radius 2 is 1.88 bits per heavy atom. The largest absolute Gasteiger partial charge is 0.460 e. The zero-order valence-electron chi connectivity index (χ0n) is 11.2. The minimum absolute atomic E-state index is 0.0711. The van der Waals surface area contributed by atoms with Crippen LogP contribution in [0.3, 0.4) is 0 Å². The fourth-order valence-corrected chi connectivity index (χ4v) is 1.13. The SMILES string of the molecule is CC/C=C\CC(=O)NCCC(=O)OC(C)(C)C. The van der Waals surface area contributed by atoms with Gasteiger partial charge in [-0.2, -0.15) is 0 Å². The van der Waals surface area contributed by atoms with Crippen molar-refractivity contribution in [2.24, 2.45) is 0 Å². The summed E-state index contributed by atoms with van der Waals surface area (Å²) in [7, 11) is 0. The maximum atomic E-state index is 11.3. The number of esters is 1. The summed E-state index contributed by atoms with van der Waals surface area (Å²) in [4.78, 5) is 22.6. The molecular formula is C13H23NO3. The lowest BCUT2D eigenvalue weighted by molar-refractivity contribution is -0.154. The van der Waals surface area contributed by atoms with Crippen molar-refractivity contribution < 1.29 is 14.3 Å². The van der Waals surface area contributed by atoms with Gasteiger partial charge in [-0.15, -0.1) is 0 Å². The molecule has 0 radical (unpaired) electrons. The third kappa shape index (κ3) is 11.0. The van der Waals surface area contributed by atoms with Gasteiger partial charge >= 0.3 is 5.97 Å². The van der Waals surface area contributed by atoms with Gasteiger partial charge in [0.15, 0.2) is 0 Å². The van der Waals surface area contributed by atoms with Gasteiger partial charge in [-0.3, -0.25) is 9.59 Å². The molecule has 0 fully saturated rings. The molecule has 0 saturated heterocycles. The molecule has 0 spiro atoms. The Hall–Kier alpha value is -1.32. The molecular weight excluding hydrogens is 218 g/mol. The van der Waals surface area contributed by atoms with Crippen molar-refractivity contribution in [3.63, 3.8) is 0 Å². The third-order valence-electron chi connectivity index (χ3n) is 1.78. The second-order valence-corrected chi connectivity index (χ2v) is 4.77. The first-order chi connectivity index (χ1) is 7.85. The summed E-state index contributed by atoms with van der Waals surface area (Å²) in [5.74, 6) is -0.361. The summed E-state index contributed by atoms with van der Waals surface area (Å²) in [6.45, 7) is 7.79. The van der Waals surface area contributed by atoms with Gasteiger partial charge in [0, 0.05) is 13.0 Å². The van der Waals surface area contributed by atoms with Gasteiger partial charge < -0.3 is 10.1 Å². The number of rotatable bonds is 6. The van der Waals surface area contributed by atoms with Crippen LogP contribution < -0.4 is 5.32 Å². The van der Waals surface area contributed by atoms with Crippen molar-refractivity contribution in [3.05, 3.63) is 12.2 Å². The average molecular weight is 241 g/mol. The number of carbonyl (C=O) groups excluding carboxylic acids is 2. The van der Waals surface area contributed by atoms with E-state index in [1.54, 1.807) is 0 Å². The summed E-state index contributed by atoms with van der Waals surface area (Å²) >= 11 is 0. The number of hydrogen-bond donors (Lipinski definition) is 1. The van der Waals surface area contributed by atoms with Gasteiger partial charge in [-0.1, -0.05) is 19.1 Å². The van der Waals surface area contributed by atoms with Crippen LogP contribution in [0, 0.1) is 0 Å². The Kier molecular flexibility index (Phi) is 7.26. The molecule has 98 valence electrons. The molecule has 0 atom stereocenters. The number of carbonyl (C=O) groups is 2. The molecule has 4 nitrogen and oxygen atoms in total. The van der Waals surface area contributed by atoms with Crippen LogP contribution in [0.15, 0.2) is 12.2 Å². The second kappa shape index (κ2) is 7.87. The first kappa shape index (κ1) is 15.7. The van der Waals surface area contributed by atoms with Crippen molar-refractivity contribution in [2.45, 2.75) is 52.6 Å². The number of nitrogens with one attached hydrogen (secondary N) is 1. The molecule has 1 amide bonds. The van der Waals surface area contributed by atoms with E-state index in [1.165, 1.54) is 0 Å². The van der Waals surface area contributed by atoms with Crippen LogP contribution in [0.2, 0.25) is 0 Å². The Balaban J connectivity index is 3.66. The van der Waals surface area contributed by atoms with E-state index in [1.807, 2.05) is 39.8 Å². The number of ether oxygens (including phenoxy) is 1. The first-order valence-corrected chi connectivity index (χ1v) is 5.98. The molecule has 0 heterocycles. The monoisotopic (exact) mass is 241 g/mol. The van der Waals surface area contributed by atoms with E-state index in [0.717, 1.165) is 6.42 Å². The van der Waals surface area contributed by atoms with Crippen LogP contribution in [0.1, 0.15) is 47.0 Å². The molecule has 0 rings (SSSR count). The maximum absolute atomic E-state index is 11.3. The summed E-state index contributed by atoms with van der Waals surface area (Å²) in [5.41, 5.74) is -0.467. The third-order valence-corrected chi connectivity index (χ3v) is 1.78. The number of amides is 1. The Morgan fingerprint density at radius 1 is 1.24 bits per heavy atom. The van der Waals surface area contributed by atoms with E-state index in [-0.39, 0.29) is 18.3 Å². The summed E-state index contributed by atoms with van der Waals surface area (Å²) < 4.78 is 5.11. The molecule has 0 aromatic rings. The molecule has 0 aliphatic heterocycles. The lowest BCUT2D eigenvalue weighted by Gasteiger charge is -2.19. The fourth-order valence-electron chi connectivity index (χ4n) is 1.13. The Morgan fingerprint density at radius 3 is 2.41 bits per heavy atom. The quantitative estimate of drug-likeness (QED) is 0.573. The summed E-state index contributed by atoms with van der Waals surface area (Å²) in [5, 5.41) is 2.67. The van der Waals surface area contributed by atoms with Crippen LogP contribution >= 0.6 is 0 Å². The van der Waals surface area contributed by atoms with Crippen LogP contribution in [0.4, 0.5) is 0 Å². The van der Waals surface area contributed by atoms with E-state index in [4.69, 9.17) is 4.74 Å². The number of allylic oxidation sites excluding steroid dienone is 1. The van der Waals surface area contributed by atoms with Crippen molar-refractivity contribution in [1.82, 2.24) is 5.32 Å². The molecule has 0 unspecified atom stereocenters. The number of hydrogen-bond acceptors (Lipinski definition) is 3. The first-order valence-electron chi connectivity index (χ1n) is 5.98. The summed E-state index contributed by atoms with van der Waals surface area (Å²) in [6.07, 6.45) is 5.25. The topological polar surface area (TPSA) is 55.4 Å².